The summed E-state index contributed by atoms with van der Waals surface area (Å²) in [5, 5.41) is 127. The molecule has 16 N–H and O–H groups in total. The summed E-state index contributed by atoms with van der Waals surface area (Å²) >= 11 is 0. The number of nitrogens with two attached hydrogens (primary N) is 2. The second-order valence-corrected chi connectivity index (χ2v) is 16.3. The normalized spacial score (nSPS) is 52.1. The summed E-state index contributed by atoms with van der Waals surface area (Å²) in [6.07, 6.45) is -37.1. The summed E-state index contributed by atoms with van der Waals surface area (Å²) < 4.78 is 59.1. The van der Waals surface area contributed by atoms with Crippen LogP contribution in [-0.2, 0) is 47.4 Å². The number of aliphatic hydroxyl groups is 12. The van der Waals surface area contributed by atoms with Crippen LogP contribution >= 0.6 is 0 Å². The van der Waals surface area contributed by atoms with Gasteiger partial charge in [0.25, 0.3) is 0 Å². The van der Waals surface area contributed by atoms with Crippen molar-refractivity contribution in [2.45, 2.75) is 194 Å². The van der Waals surface area contributed by atoms with Gasteiger partial charge in [-0.05, 0) is 34.6 Å². The number of rotatable bonds is 12. The van der Waals surface area contributed by atoms with Gasteiger partial charge in [-0.1, -0.05) is 0 Å². The van der Waals surface area contributed by atoms with Gasteiger partial charge in [0.15, 0.2) is 31.5 Å². The molecule has 0 aromatic rings. The van der Waals surface area contributed by atoms with E-state index in [2.05, 4.69) is 0 Å². The molecule has 58 heavy (non-hydrogen) atoms. The molecule has 5 rings (SSSR count). The van der Waals surface area contributed by atoms with E-state index < -0.39 is 179 Å². The third-order valence-electron chi connectivity index (χ3n) is 10.8. The maximum atomic E-state index is 11.2. The first kappa shape index (κ1) is 48.1. The lowest BCUT2D eigenvalue weighted by atomic mass is 9.94. The molecule has 0 aromatic carbocycles. The highest BCUT2D eigenvalue weighted by Gasteiger charge is 2.57. The highest BCUT2D eigenvalue weighted by molar-refractivity contribution is 5.01. The Morgan fingerprint density at radius 1 is 0.414 bits per heavy atom. The lowest BCUT2D eigenvalue weighted by Gasteiger charge is -2.51. The predicted octanol–water partition coefficient (Wildman–Crippen LogP) is -8.11. The van der Waals surface area contributed by atoms with Crippen LogP contribution in [0.15, 0.2) is 0 Å². The highest BCUT2D eigenvalue weighted by atomic mass is 16.8. The van der Waals surface area contributed by atoms with Gasteiger partial charge in [-0.15, -0.1) is 0 Å². The standard InChI is InChI=1S/C34H62N2O22/c1-9-16(40)20(44)23(47)31(49-9)56-27-15(36)29(55-26-14(35)30(58-34(3,4)5)51-12(7-38)19(26)43)53-13(8-39)25(27)54-33-28(22(46)18(42)11(6-37)52-33)57-32-24(48)21(45)17(41)10(2)50-32/h9-33,37-48H,6-8,35-36H2,1-5H3/t9?,10?,11?,12?,13?,14?,15?,16?,17-,18?,19?,20-,21?,22+,23?,24+,25?,26-,27-,28?,29+,30-,31+,32?,33+/m1/s1. The molecular formula is C34H62N2O22. The fraction of sp³-hybridized carbons (Fsp3) is 1.00. The molecule has 0 spiro atoms. The van der Waals surface area contributed by atoms with Gasteiger partial charge in [-0.25, -0.2) is 0 Å². The Kier molecular flexibility index (Phi) is 16.3. The Morgan fingerprint density at radius 2 is 0.828 bits per heavy atom. The van der Waals surface area contributed by atoms with Crippen molar-refractivity contribution in [3.8, 4) is 0 Å². The maximum Gasteiger partial charge on any atom is 0.187 e. The Labute approximate surface area is 333 Å². The molecular weight excluding hydrogens is 788 g/mol. The lowest BCUT2D eigenvalue weighted by Crippen LogP contribution is -2.71. The van der Waals surface area contributed by atoms with Crippen molar-refractivity contribution in [2.24, 2.45) is 11.5 Å². The largest absolute Gasteiger partial charge is 0.394 e. The van der Waals surface area contributed by atoms with Crippen molar-refractivity contribution in [3.63, 3.8) is 0 Å². The van der Waals surface area contributed by atoms with E-state index in [1.54, 1.807) is 20.8 Å². The fourth-order valence-corrected chi connectivity index (χ4v) is 7.43. The maximum absolute atomic E-state index is 11.2. The molecule has 5 aliphatic heterocycles. The molecule has 0 aliphatic carbocycles. The van der Waals surface area contributed by atoms with Crippen LogP contribution in [0, 0.1) is 0 Å². The van der Waals surface area contributed by atoms with E-state index in [4.69, 9.17) is 58.8 Å². The zero-order chi connectivity index (χ0) is 43.1. The van der Waals surface area contributed by atoms with Crippen molar-refractivity contribution in [2.75, 3.05) is 19.8 Å². The van der Waals surface area contributed by atoms with Crippen LogP contribution in [0.1, 0.15) is 34.6 Å². The van der Waals surface area contributed by atoms with Crippen LogP contribution in [0.5, 0.6) is 0 Å². The van der Waals surface area contributed by atoms with Gasteiger partial charge in [0.05, 0.1) is 49.7 Å². The third kappa shape index (κ3) is 10.1. The second-order valence-electron chi connectivity index (χ2n) is 16.3. The molecule has 340 valence electrons. The van der Waals surface area contributed by atoms with Crippen LogP contribution in [0.3, 0.4) is 0 Å². The first-order chi connectivity index (χ1) is 27.1. The summed E-state index contributed by atoms with van der Waals surface area (Å²) in [7, 11) is 0. The highest BCUT2D eigenvalue weighted by Crippen LogP contribution is 2.37. The van der Waals surface area contributed by atoms with Crippen molar-refractivity contribution in [1.82, 2.24) is 0 Å². The molecule has 5 aliphatic rings. The summed E-state index contributed by atoms with van der Waals surface area (Å²) in [6.45, 7) is 5.47. The van der Waals surface area contributed by atoms with E-state index in [1.165, 1.54) is 13.8 Å². The molecule has 15 unspecified atom stereocenters. The number of hydrogen-bond donors (Lipinski definition) is 14. The minimum atomic E-state index is -1.95. The van der Waals surface area contributed by atoms with Gasteiger partial charge in [-0.3, -0.25) is 0 Å². The van der Waals surface area contributed by atoms with E-state index >= 15 is 0 Å². The Balaban J connectivity index is 1.48. The fourth-order valence-electron chi connectivity index (χ4n) is 7.43. The predicted molar refractivity (Wildman–Crippen MR) is 186 cm³/mol. The Hall–Kier alpha value is -0.960. The zero-order valence-electron chi connectivity index (χ0n) is 32.7. The third-order valence-corrected chi connectivity index (χ3v) is 10.8. The van der Waals surface area contributed by atoms with Crippen molar-refractivity contribution in [1.29, 1.82) is 0 Å². The van der Waals surface area contributed by atoms with Gasteiger partial charge in [0.1, 0.15) is 97.7 Å². The van der Waals surface area contributed by atoms with Crippen LogP contribution in [-0.4, -0.2) is 240 Å². The average Bonchev–Trinajstić information content (AvgIpc) is 3.17. The zero-order valence-corrected chi connectivity index (χ0v) is 32.7. The number of hydrogen-bond acceptors (Lipinski definition) is 24. The summed E-state index contributed by atoms with van der Waals surface area (Å²) in [6, 6.07) is -2.79. The number of ether oxygens (including phenoxy) is 10. The first-order valence-corrected chi connectivity index (χ1v) is 19.2. The van der Waals surface area contributed by atoms with Crippen molar-refractivity contribution < 1.29 is 109 Å². The van der Waals surface area contributed by atoms with Crippen LogP contribution in [0.2, 0.25) is 0 Å². The van der Waals surface area contributed by atoms with Crippen molar-refractivity contribution in [3.05, 3.63) is 0 Å². The van der Waals surface area contributed by atoms with Crippen molar-refractivity contribution >= 4 is 0 Å². The van der Waals surface area contributed by atoms with Crippen LogP contribution in [0.4, 0.5) is 0 Å². The summed E-state index contributed by atoms with van der Waals surface area (Å²) in [4.78, 5) is 0. The minimum Gasteiger partial charge on any atom is -0.394 e. The SMILES string of the molecule is CC1O[C@@H](O[C@H]2C(O[C@@H]3OC(CO)C(O)[C@H](O)C3OC3OC(C)[C@@H](O)C(O)[C@@H]3O)C(CO)O[C@@H](O[C@H]3C(O)C(CO)O[C@H](OC(C)(C)C)C3N)C2N)C(O)[C@H](O)C1O. The molecule has 0 amide bonds. The number of aliphatic hydroxyl groups excluding tert-OH is 12. The van der Waals surface area contributed by atoms with Gasteiger partial charge >= 0.3 is 0 Å². The minimum absolute atomic E-state index is 0.680. The van der Waals surface area contributed by atoms with E-state index in [0.717, 1.165) is 0 Å². The molecule has 5 heterocycles. The molecule has 5 fully saturated rings. The Bertz CT molecular complexity index is 1290. The van der Waals surface area contributed by atoms with Gasteiger partial charge < -0.3 is 120 Å². The molecule has 0 radical (unpaired) electrons. The molecule has 25 atom stereocenters. The summed E-state index contributed by atoms with van der Waals surface area (Å²) in [5.74, 6) is 0. The molecule has 5 saturated heterocycles. The molecule has 24 heteroatoms. The van der Waals surface area contributed by atoms with Gasteiger partial charge in [-0.2, -0.15) is 0 Å². The van der Waals surface area contributed by atoms with E-state index in [1.807, 2.05) is 0 Å². The average molecular weight is 851 g/mol. The topological polar surface area (TPSA) is 387 Å². The lowest BCUT2D eigenvalue weighted by molar-refractivity contribution is -0.396. The van der Waals surface area contributed by atoms with Crippen LogP contribution in [0.25, 0.3) is 0 Å². The van der Waals surface area contributed by atoms with E-state index in [9.17, 15) is 61.3 Å². The molecule has 0 aromatic heterocycles. The second kappa shape index (κ2) is 19.6. The summed E-state index contributed by atoms with van der Waals surface area (Å²) in [5.41, 5.74) is 12.4. The van der Waals surface area contributed by atoms with Gasteiger partial charge in [0, 0.05) is 0 Å². The Morgan fingerprint density at radius 3 is 1.33 bits per heavy atom. The van der Waals surface area contributed by atoms with Gasteiger partial charge in [0.2, 0.25) is 0 Å². The van der Waals surface area contributed by atoms with E-state index in [0.29, 0.717) is 0 Å². The molecule has 0 bridgehead atoms. The van der Waals surface area contributed by atoms with Crippen LogP contribution < -0.4 is 11.5 Å². The monoisotopic (exact) mass is 850 g/mol. The van der Waals surface area contributed by atoms with E-state index in [-0.39, 0.29) is 0 Å². The molecule has 24 nitrogen and oxygen atoms in total. The smallest absolute Gasteiger partial charge is 0.187 e. The quantitative estimate of drug-likeness (QED) is 0.0867. The first-order valence-electron chi connectivity index (χ1n) is 19.2. The molecule has 0 saturated carbocycles.